The number of aromatic nitrogens is 2. The summed E-state index contributed by atoms with van der Waals surface area (Å²) in [6.07, 6.45) is 11.7. The Morgan fingerprint density at radius 2 is 1.44 bits per heavy atom. The minimum atomic E-state index is -0.828. The van der Waals surface area contributed by atoms with Gasteiger partial charge in [-0.25, -0.2) is 9.97 Å². The van der Waals surface area contributed by atoms with Crippen LogP contribution in [-0.4, -0.2) is 15.1 Å². The highest BCUT2D eigenvalue weighted by molar-refractivity contribution is 5.01. The van der Waals surface area contributed by atoms with Gasteiger partial charge in [-0.05, 0) is 18.9 Å². The van der Waals surface area contributed by atoms with Crippen LogP contribution in [0.3, 0.4) is 0 Å². The van der Waals surface area contributed by atoms with Gasteiger partial charge >= 0.3 is 0 Å². The molecular weight excluding hydrogens is 224 g/mol. The van der Waals surface area contributed by atoms with Gasteiger partial charge in [0.25, 0.3) is 0 Å². The fourth-order valence-corrected chi connectivity index (χ4v) is 2.22. The SMILES string of the molecule is CCCCCC(O)(CCCCC)c1ncccn1. The minimum absolute atomic E-state index is 0.595. The van der Waals surface area contributed by atoms with Crippen molar-refractivity contribution in [2.24, 2.45) is 0 Å². The number of hydrogen-bond donors (Lipinski definition) is 1. The van der Waals surface area contributed by atoms with Crippen LogP contribution in [0.1, 0.15) is 71.0 Å². The predicted octanol–water partition coefficient (Wildman–Crippen LogP) is 3.82. The molecular formula is C15H26N2O. The van der Waals surface area contributed by atoms with E-state index in [2.05, 4.69) is 23.8 Å². The molecule has 3 nitrogen and oxygen atoms in total. The Morgan fingerprint density at radius 1 is 0.944 bits per heavy atom. The fraction of sp³-hybridized carbons (Fsp3) is 0.733. The molecule has 0 bridgehead atoms. The highest BCUT2D eigenvalue weighted by Crippen LogP contribution is 2.30. The lowest BCUT2D eigenvalue weighted by Crippen LogP contribution is -2.28. The normalized spacial score (nSPS) is 11.7. The first-order valence-electron chi connectivity index (χ1n) is 7.23. The standard InChI is InChI=1S/C15H26N2O/c1-3-5-7-10-15(18,11-8-6-4-2)14-16-12-9-13-17-14/h9,12-13,18H,3-8,10-11H2,1-2H3. The van der Waals surface area contributed by atoms with Crippen LogP contribution in [0.5, 0.6) is 0 Å². The van der Waals surface area contributed by atoms with E-state index < -0.39 is 5.60 Å². The largest absolute Gasteiger partial charge is 0.382 e. The predicted molar refractivity (Wildman–Crippen MR) is 74.2 cm³/mol. The summed E-state index contributed by atoms with van der Waals surface area (Å²) in [5, 5.41) is 10.8. The highest BCUT2D eigenvalue weighted by atomic mass is 16.3. The summed E-state index contributed by atoms with van der Waals surface area (Å²) >= 11 is 0. The molecule has 0 radical (unpaired) electrons. The van der Waals surface area contributed by atoms with E-state index in [1.807, 2.05) is 0 Å². The molecule has 1 heterocycles. The van der Waals surface area contributed by atoms with Crippen molar-refractivity contribution in [3.05, 3.63) is 24.3 Å². The van der Waals surface area contributed by atoms with Gasteiger partial charge in [-0.15, -0.1) is 0 Å². The molecule has 0 unspecified atom stereocenters. The Hall–Kier alpha value is -0.960. The first-order valence-corrected chi connectivity index (χ1v) is 7.23. The van der Waals surface area contributed by atoms with Crippen molar-refractivity contribution < 1.29 is 5.11 Å². The molecule has 0 spiro atoms. The smallest absolute Gasteiger partial charge is 0.159 e. The van der Waals surface area contributed by atoms with Crippen molar-refractivity contribution in [3.8, 4) is 0 Å². The number of unbranched alkanes of at least 4 members (excludes halogenated alkanes) is 4. The lowest BCUT2D eigenvalue weighted by atomic mass is 9.89. The van der Waals surface area contributed by atoms with Crippen LogP contribution in [0.4, 0.5) is 0 Å². The third-order valence-electron chi connectivity index (χ3n) is 3.37. The van der Waals surface area contributed by atoms with Crippen molar-refractivity contribution in [2.75, 3.05) is 0 Å². The van der Waals surface area contributed by atoms with Crippen molar-refractivity contribution >= 4 is 0 Å². The topological polar surface area (TPSA) is 46.0 Å². The second kappa shape index (κ2) is 8.20. The Kier molecular flexibility index (Phi) is 6.88. The van der Waals surface area contributed by atoms with Gasteiger partial charge in [-0.1, -0.05) is 52.4 Å². The molecule has 1 aromatic rings. The minimum Gasteiger partial charge on any atom is -0.382 e. The third-order valence-corrected chi connectivity index (χ3v) is 3.37. The van der Waals surface area contributed by atoms with Crippen molar-refractivity contribution in [1.29, 1.82) is 0 Å². The first kappa shape index (κ1) is 15.1. The Bertz CT molecular complexity index is 304. The second-order valence-corrected chi connectivity index (χ2v) is 5.02. The molecule has 0 aliphatic carbocycles. The maximum absolute atomic E-state index is 10.8. The lowest BCUT2D eigenvalue weighted by Gasteiger charge is -2.26. The van der Waals surface area contributed by atoms with E-state index in [0.29, 0.717) is 5.82 Å². The molecule has 0 atom stereocenters. The molecule has 0 fully saturated rings. The molecule has 0 aliphatic rings. The van der Waals surface area contributed by atoms with Crippen LogP contribution in [0, 0.1) is 0 Å². The summed E-state index contributed by atoms with van der Waals surface area (Å²) in [5.41, 5.74) is -0.828. The van der Waals surface area contributed by atoms with Gasteiger partial charge in [-0.2, -0.15) is 0 Å². The van der Waals surface area contributed by atoms with Crippen molar-refractivity contribution in [2.45, 2.75) is 70.8 Å². The van der Waals surface area contributed by atoms with Crippen LogP contribution in [0.2, 0.25) is 0 Å². The zero-order valence-corrected chi connectivity index (χ0v) is 11.7. The van der Waals surface area contributed by atoms with Crippen molar-refractivity contribution in [1.82, 2.24) is 9.97 Å². The molecule has 3 heteroatoms. The summed E-state index contributed by atoms with van der Waals surface area (Å²) < 4.78 is 0. The first-order chi connectivity index (χ1) is 8.73. The van der Waals surface area contributed by atoms with Crippen LogP contribution in [-0.2, 0) is 5.60 Å². The van der Waals surface area contributed by atoms with Gasteiger partial charge in [0.1, 0.15) is 5.60 Å². The quantitative estimate of drug-likeness (QED) is 0.678. The average Bonchev–Trinajstić information content (AvgIpc) is 2.40. The Morgan fingerprint density at radius 3 is 1.89 bits per heavy atom. The maximum atomic E-state index is 10.8. The number of nitrogens with zero attached hydrogens (tertiary/aromatic N) is 2. The number of hydrogen-bond acceptors (Lipinski definition) is 3. The van der Waals surface area contributed by atoms with Gasteiger partial charge in [0.05, 0.1) is 0 Å². The molecule has 0 amide bonds. The molecule has 0 aliphatic heterocycles. The molecule has 0 saturated heterocycles. The fourth-order valence-electron chi connectivity index (χ4n) is 2.22. The van der Waals surface area contributed by atoms with Crippen molar-refractivity contribution in [3.63, 3.8) is 0 Å². The summed E-state index contributed by atoms with van der Waals surface area (Å²) in [6.45, 7) is 4.35. The Balaban J connectivity index is 2.67. The van der Waals surface area contributed by atoms with Crippen LogP contribution in [0.15, 0.2) is 18.5 Å². The number of aliphatic hydroxyl groups is 1. The average molecular weight is 250 g/mol. The zero-order valence-electron chi connectivity index (χ0n) is 11.7. The molecule has 1 aromatic heterocycles. The van der Waals surface area contributed by atoms with Gasteiger partial charge in [0.2, 0.25) is 0 Å². The van der Waals surface area contributed by atoms with Gasteiger partial charge < -0.3 is 5.11 Å². The van der Waals surface area contributed by atoms with E-state index in [1.165, 1.54) is 12.8 Å². The zero-order chi connectivity index (χ0) is 13.3. The van der Waals surface area contributed by atoms with E-state index in [-0.39, 0.29) is 0 Å². The van der Waals surface area contributed by atoms with Gasteiger partial charge in [0, 0.05) is 12.4 Å². The van der Waals surface area contributed by atoms with E-state index in [1.54, 1.807) is 18.5 Å². The second-order valence-electron chi connectivity index (χ2n) is 5.02. The molecule has 102 valence electrons. The summed E-state index contributed by atoms with van der Waals surface area (Å²) in [7, 11) is 0. The monoisotopic (exact) mass is 250 g/mol. The molecule has 0 aromatic carbocycles. The lowest BCUT2D eigenvalue weighted by molar-refractivity contribution is 0.00475. The van der Waals surface area contributed by atoms with E-state index in [4.69, 9.17) is 0 Å². The van der Waals surface area contributed by atoms with Crippen LogP contribution in [0.25, 0.3) is 0 Å². The number of rotatable bonds is 9. The molecule has 0 saturated carbocycles. The third kappa shape index (κ3) is 4.73. The van der Waals surface area contributed by atoms with Crippen LogP contribution >= 0.6 is 0 Å². The summed E-state index contributed by atoms with van der Waals surface area (Å²) in [5.74, 6) is 0.595. The summed E-state index contributed by atoms with van der Waals surface area (Å²) in [4.78, 5) is 8.49. The highest BCUT2D eigenvalue weighted by Gasteiger charge is 2.30. The van der Waals surface area contributed by atoms with Gasteiger partial charge in [0.15, 0.2) is 5.82 Å². The molecule has 1 rings (SSSR count). The molecule has 1 N–H and O–H groups in total. The Labute approximate surface area is 111 Å². The maximum Gasteiger partial charge on any atom is 0.159 e. The van der Waals surface area contributed by atoms with E-state index >= 15 is 0 Å². The summed E-state index contributed by atoms with van der Waals surface area (Å²) in [6, 6.07) is 1.79. The van der Waals surface area contributed by atoms with Gasteiger partial charge in [-0.3, -0.25) is 0 Å². The van der Waals surface area contributed by atoms with Crippen LogP contribution < -0.4 is 0 Å². The van der Waals surface area contributed by atoms with E-state index in [9.17, 15) is 5.11 Å². The molecule has 18 heavy (non-hydrogen) atoms. The van der Waals surface area contributed by atoms with E-state index in [0.717, 1.165) is 38.5 Å².